The number of piperidine rings is 3. The summed E-state index contributed by atoms with van der Waals surface area (Å²) in [6.07, 6.45) is 9.37. The van der Waals surface area contributed by atoms with Crippen LogP contribution < -0.4 is 0 Å². The van der Waals surface area contributed by atoms with Crippen LogP contribution in [0.2, 0.25) is 0 Å². The first-order chi connectivity index (χ1) is 15.1. The van der Waals surface area contributed by atoms with E-state index in [2.05, 4.69) is 23.6 Å². The standard InChI is InChI=1S/C25H43N3O3/c1-3-19(4-2)25(30)28-18-20-8-6-12-27-13-7-9-21(24(20)27)22(28)10-5-11-23(29)26-14-16-31-17-15-26/h19-22,24H,3-18H2,1-2H3/t20-,21+,22+,24-/m0/s1. The van der Waals surface area contributed by atoms with Crippen molar-refractivity contribution < 1.29 is 14.3 Å². The van der Waals surface area contributed by atoms with Gasteiger partial charge < -0.3 is 14.5 Å². The van der Waals surface area contributed by atoms with Crippen LogP contribution in [-0.4, -0.2) is 84.5 Å². The zero-order chi connectivity index (χ0) is 21.8. The summed E-state index contributed by atoms with van der Waals surface area (Å²) in [6, 6.07) is 0.973. The Labute approximate surface area is 188 Å². The summed E-state index contributed by atoms with van der Waals surface area (Å²) in [6.45, 7) is 10.5. The summed E-state index contributed by atoms with van der Waals surface area (Å²) in [5, 5.41) is 0. The predicted octanol–water partition coefficient (Wildman–Crippen LogP) is 3.15. The molecule has 0 unspecified atom stereocenters. The van der Waals surface area contributed by atoms with Crippen LogP contribution in [0.25, 0.3) is 0 Å². The Morgan fingerprint density at radius 1 is 1.00 bits per heavy atom. The Morgan fingerprint density at radius 2 is 1.71 bits per heavy atom. The molecule has 2 amide bonds. The molecule has 4 saturated heterocycles. The Bertz CT molecular complexity index is 615. The van der Waals surface area contributed by atoms with Crippen LogP contribution >= 0.6 is 0 Å². The van der Waals surface area contributed by atoms with E-state index < -0.39 is 0 Å². The van der Waals surface area contributed by atoms with Gasteiger partial charge in [0.25, 0.3) is 0 Å². The van der Waals surface area contributed by atoms with Crippen LogP contribution in [0.15, 0.2) is 0 Å². The monoisotopic (exact) mass is 433 g/mol. The summed E-state index contributed by atoms with van der Waals surface area (Å²) in [5.41, 5.74) is 0. The van der Waals surface area contributed by atoms with E-state index in [4.69, 9.17) is 4.74 Å². The maximum Gasteiger partial charge on any atom is 0.225 e. The minimum absolute atomic E-state index is 0.150. The third-order valence-corrected chi connectivity index (χ3v) is 8.54. The van der Waals surface area contributed by atoms with Gasteiger partial charge in [0.2, 0.25) is 11.8 Å². The van der Waals surface area contributed by atoms with Crippen molar-refractivity contribution in [2.24, 2.45) is 17.8 Å². The molecule has 6 heteroatoms. The fourth-order valence-electron chi connectivity index (χ4n) is 6.92. The Balaban J connectivity index is 1.46. The first-order valence-electron chi connectivity index (χ1n) is 13.0. The second-order valence-electron chi connectivity index (χ2n) is 10.2. The van der Waals surface area contributed by atoms with Crippen molar-refractivity contribution >= 4 is 11.8 Å². The minimum Gasteiger partial charge on any atom is -0.378 e. The predicted molar refractivity (Wildman–Crippen MR) is 122 cm³/mol. The van der Waals surface area contributed by atoms with Crippen molar-refractivity contribution in [1.29, 1.82) is 0 Å². The van der Waals surface area contributed by atoms with Gasteiger partial charge in [0, 0.05) is 44.1 Å². The van der Waals surface area contributed by atoms with Gasteiger partial charge in [0.05, 0.1) is 13.2 Å². The number of hydrogen-bond acceptors (Lipinski definition) is 4. The number of likely N-dealkylation sites (tertiary alicyclic amines) is 1. The number of hydrogen-bond donors (Lipinski definition) is 0. The quantitative estimate of drug-likeness (QED) is 0.619. The molecule has 31 heavy (non-hydrogen) atoms. The second-order valence-corrected chi connectivity index (χ2v) is 10.2. The first-order valence-corrected chi connectivity index (χ1v) is 13.0. The first kappa shape index (κ1) is 23.0. The van der Waals surface area contributed by atoms with Crippen molar-refractivity contribution in [2.75, 3.05) is 45.9 Å². The van der Waals surface area contributed by atoms with Gasteiger partial charge in [0.1, 0.15) is 0 Å². The molecule has 4 fully saturated rings. The molecule has 0 spiro atoms. The maximum absolute atomic E-state index is 13.6. The van der Waals surface area contributed by atoms with Crippen molar-refractivity contribution in [2.45, 2.75) is 83.7 Å². The summed E-state index contributed by atoms with van der Waals surface area (Å²) in [5.74, 6) is 2.03. The Hall–Kier alpha value is -1.14. The van der Waals surface area contributed by atoms with Gasteiger partial charge in [-0.05, 0) is 76.3 Å². The van der Waals surface area contributed by atoms with E-state index in [1.54, 1.807) is 0 Å². The van der Waals surface area contributed by atoms with Crippen LogP contribution in [0, 0.1) is 17.8 Å². The van der Waals surface area contributed by atoms with Crippen molar-refractivity contribution in [3.05, 3.63) is 0 Å². The second kappa shape index (κ2) is 10.7. The number of carbonyl (C=O) groups is 2. The van der Waals surface area contributed by atoms with Crippen LogP contribution in [0.3, 0.4) is 0 Å². The molecule has 0 aromatic rings. The highest BCUT2D eigenvalue weighted by molar-refractivity contribution is 5.79. The number of nitrogens with zero attached hydrogens (tertiary/aromatic N) is 3. The molecule has 0 bridgehead atoms. The summed E-state index contributed by atoms with van der Waals surface area (Å²) in [7, 11) is 0. The van der Waals surface area contributed by atoms with Crippen molar-refractivity contribution in [1.82, 2.24) is 14.7 Å². The molecule has 0 radical (unpaired) electrons. The normalized spacial score (nSPS) is 31.6. The number of ether oxygens (including phenoxy) is 1. The van der Waals surface area contributed by atoms with Gasteiger partial charge >= 0.3 is 0 Å². The number of carbonyl (C=O) groups excluding carboxylic acids is 2. The van der Waals surface area contributed by atoms with Gasteiger partial charge in [-0.2, -0.15) is 0 Å². The molecule has 4 aliphatic heterocycles. The molecule has 0 N–H and O–H groups in total. The average molecular weight is 434 g/mol. The molecule has 0 aliphatic carbocycles. The lowest BCUT2D eigenvalue weighted by molar-refractivity contribution is -0.151. The summed E-state index contributed by atoms with van der Waals surface area (Å²) in [4.78, 5) is 33.3. The zero-order valence-corrected chi connectivity index (χ0v) is 19.8. The average Bonchev–Trinajstić information content (AvgIpc) is 2.81. The fraction of sp³-hybridized carbons (Fsp3) is 0.920. The third-order valence-electron chi connectivity index (χ3n) is 8.54. The molecular formula is C25H43N3O3. The number of rotatable bonds is 7. The van der Waals surface area contributed by atoms with Crippen molar-refractivity contribution in [3.8, 4) is 0 Å². The van der Waals surface area contributed by atoms with E-state index in [0.29, 0.717) is 49.5 Å². The van der Waals surface area contributed by atoms with Crippen LogP contribution in [-0.2, 0) is 14.3 Å². The topological polar surface area (TPSA) is 53.1 Å². The molecule has 176 valence electrons. The van der Waals surface area contributed by atoms with Crippen LogP contribution in [0.1, 0.15) is 71.6 Å². The molecule has 4 heterocycles. The SMILES string of the molecule is CCC(CC)C(=O)N1C[C@@H]2CCCN3CCC[C@@H]([C@H]23)[C@H]1CCCC(=O)N1CCOCC1. The van der Waals surface area contributed by atoms with E-state index in [0.717, 1.165) is 45.3 Å². The lowest BCUT2D eigenvalue weighted by Gasteiger charge is -2.58. The smallest absolute Gasteiger partial charge is 0.225 e. The molecule has 6 nitrogen and oxygen atoms in total. The van der Waals surface area contributed by atoms with Gasteiger partial charge in [-0.25, -0.2) is 0 Å². The molecule has 4 rings (SSSR count). The summed E-state index contributed by atoms with van der Waals surface area (Å²) >= 11 is 0. The molecule has 0 aromatic heterocycles. The van der Waals surface area contributed by atoms with Crippen LogP contribution in [0.5, 0.6) is 0 Å². The largest absolute Gasteiger partial charge is 0.378 e. The highest BCUT2D eigenvalue weighted by Crippen LogP contribution is 2.44. The maximum atomic E-state index is 13.6. The highest BCUT2D eigenvalue weighted by atomic mass is 16.5. The van der Waals surface area contributed by atoms with E-state index in [9.17, 15) is 9.59 Å². The Kier molecular flexibility index (Phi) is 7.91. The molecule has 4 atom stereocenters. The molecule has 0 aromatic carbocycles. The summed E-state index contributed by atoms with van der Waals surface area (Å²) < 4.78 is 5.39. The molecular weight excluding hydrogens is 390 g/mol. The highest BCUT2D eigenvalue weighted by Gasteiger charge is 2.49. The fourth-order valence-corrected chi connectivity index (χ4v) is 6.92. The van der Waals surface area contributed by atoms with Crippen LogP contribution in [0.4, 0.5) is 0 Å². The minimum atomic E-state index is 0.150. The third kappa shape index (κ3) is 4.95. The van der Waals surface area contributed by atoms with Gasteiger partial charge in [-0.1, -0.05) is 13.8 Å². The Morgan fingerprint density at radius 3 is 2.42 bits per heavy atom. The number of amides is 2. The van der Waals surface area contributed by atoms with E-state index >= 15 is 0 Å². The molecule has 4 aliphatic rings. The van der Waals surface area contributed by atoms with Gasteiger partial charge in [0.15, 0.2) is 0 Å². The van der Waals surface area contributed by atoms with E-state index in [1.165, 1.54) is 38.8 Å². The van der Waals surface area contributed by atoms with Gasteiger partial charge in [-0.15, -0.1) is 0 Å². The lowest BCUT2D eigenvalue weighted by atomic mass is 9.68. The zero-order valence-electron chi connectivity index (χ0n) is 19.8. The van der Waals surface area contributed by atoms with E-state index in [-0.39, 0.29) is 11.8 Å². The van der Waals surface area contributed by atoms with E-state index in [1.807, 2.05) is 4.90 Å². The molecule has 0 saturated carbocycles. The lowest BCUT2D eigenvalue weighted by Crippen LogP contribution is -2.66. The van der Waals surface area contributed by atoms with Crippen molar-refractivity contribution in [3.63, 3.8) is 0 Å². The van der Waals surface area contributed by atoms with Gasteiger partial charge in [-0.3, -0.25) is 14.5 Å². The number of morpholine rings is 1.